The highest BCUT2D eigenvalue weighted by Gasteiger charge is 2.82. The van der Waals surface area contributed by atoms with Gasteiger partial charge >= 0.3 is 0 Å². The number of nitrogens with zero attached hydrogens (tertiary/aromatic N) is 1. The molecule has 9 rings (SSSR count). The van der Waals surface area contributed by atoms with E-state index in [1.807, 2.05) is 164 Å². The van der Waals surface area contributed by atoms with Crippen LogP contribution in [0.3, 0.4) is 0 Å². The van der Waals surface area contributed by atoms with Gasteiger partial charge in [0.25, 0.3) is 0 Å². The van der Waals surface area contributed by atoms with Gasteiger partial charge in [0.2, 0.25) is 11.8 Å². The van der Waals surface area contributed by atoms with Gasteiger partial charge in [-0.15, -0.1) is 0 Å². The van der Waals surface area contributed by atoms with Crippen molar-refractivity contribution in [2.24, 2.45) is 11.8 Å². The Kier molecular flexibility index (Phi) is 5.88. The summed E-state index contributed by atoms with van der Waals surface area (Å²) >= 11 is 0. The van der Waals surface area contributed by atoms with Crippen LogP contribution in [-0.4, -0.2) is 17.6 Å². The molecule has 4 atom stereocenters. The molecule has 1 saturated heterocycles. The average Bonchev–Trinajstić information content (AvgIpc) is 3.65. The van der Waals surface area contributed by atoms with E-state index in [9.17, 15) is 0 Å². The fourth-order valence-electron chi connectivity index (χ4n) is 8.97. The number of amides is 2. The third kappa shape index (κ3) is 3.39. The lowest BCUT2D eigenvalue weighted by molar-refractivity contribution is -0.130. The Morgan fingerprint density at radius 1 is 0.426 bits per heavy atom. The lowest BCUT2D eigenvalue weighted by Gasteiger charge is -2.39. The molecule has 2 amide bonds. The minimum atomic E-state index is -1.42. The number of allylic oxidation sites excluding steroid dienone is 2. The lowest BCUT2D eigenvalue weighted by Crippen LogP contribution is -2.45. The summed E-state index contributed by atoms with van der Waals surface area (Å²) in [5.41, 5.74) is 2.49. The van der Waals surface area contributed by atoms with E-state index in [-0.39, 0.29) is 17.6 Å². The van der Waals surface area contributed by atoms with Crippen LogP contribution in [-0.2, 0) is 25.2 Å². The predicted molar refractivity (Wildman–Crippen MR) is 184 cm³/mol. The molecule has 6 aromatic carbocycles. The Morgan fingerprint density at radius 2 is 0.830 bits per heavy atom. The van der Waals surface area contributed by atoms with Crippen LogP contribution in [0, 0.1) is 11.8 Å². The standard InChI is InChI=1S/C43H29NO3/c45-39-37-38(40(46)44(39)34-27-15-21-28-16-13-14-26-33(28)34)43(32-24-11-4-12-25-32)36(30-19-7-2-8-20-30)35(29-17-5-1-6-18-29)42(37,41(43)47)31-22-9-3-10-23-31/h1-27,37-38H/t37-,38+,42-,43-/m1/s1. The van der Waals surface area contributed by atoms with Gasteiger partial charge in [-0.2, -0.15) is 0 Å². The van der Waals surface area contributed by atoms with E-state index in [1.54, 1.807) is 0 Å². The number of fused-ring (bicyclic) bond motifs is 6. The number of carbonyl (C=O) groups excluding carboxylic acids is 3. The Balaban J connectivity index is 1.45. The van der Waals surface area contributed by atoms with E-state index in [1.165, 1.54) is 4.90 Å². The van der Waals surface area contributed by atoms with Gasteiger partial charge < -0.3 is 0 Å². The van der Waals surface area contributed by atoms with Gasteiger partial charge in [0.1, 0.15) is 0 Å². The molecule has 0 spiro atoms. The first-order valence-electron chi connectivity index (χ1n) is 16.0. The molecule has 0 radical (unpaired) electrons. The smallest absolute Gasteiger partial charge is 0.239 e. The molecule has 0 unspecified atom stereocenters. The molecule has 0 N–H and O–H groups in total. The van der Waals surface area contributed by atoms with Crippen molar-refractivity contribution < 1.29 is 14.4 Å². The number of imide groups is 1. The number of ketones is 1. The molecular weight excluding hydrogens is 578 g/mol. The van der Waals surface area contributed by atoms with Crippen molar-refractivity contribution in [1.29, 1.82) is 0 Å². The van der Waals surface area contributed by atoms with Crippen molar-refractivity contribution in [3.05, 3.63) is 186 Å². The van der Waals surface area contributed by atoms with Crippen LogP contribution in [0.25, 0.3) is 21.9 Å². The Morgan fingerprint density at radius 3 is 1.32 bits per heavy atom. The number of benzene rings is 6. The van der Waals surface area contributed by atoms with E-state index in [0.717, 1.165) is 44.2 Å². The van der Waals surface area contributed by atoms with Gasteiger partial charge in [-0.05, 0) is 44.9 Å². The quantitative estimate of drug-likeness (QED) is 0.187. The summed E-state index contributed by atoms with van der Waals surface area (Å²) in [5.74, 6) is -2.70. The summed E-state index contributed by atoms with van der Waals surface area (Å²) in [5, 5.41) is 1.75. The zero-order valence-electron chi connectivity index (χ0n) is 25.4. The zero-order chi connectivity index (χ0) is 31.8. The molecule has 0 aromatic heterocycles. The number of carbonyl (C=O) groups is 3. The molecule has 2 aliphatic carbocycles. The minimum absolute atomic E-state index is 0.116. The molecule has 4 heteroatoms. The SMILES string of the molecule is O=C1[C@@H]2[C@H](C(=O)N1c1cccc3ccccc13)[C@]1(c3ccccc3)C(=O)[C@]2(c2ccccc2)C(c2ccccc2)=C1c1ccccc1. The maximum absolute atomic E-state index is 16.0. The van der Waals surface area contributed by atoms with Crippen molar-refractivity contribution in [3.63, 3.8) is 0 Å². The molecule has 6 aromatic rings. The summed E-state index contributed by atoms with van der Waals surface area (Å²) in [4.78, 5) is 47.9. The molecule has 4 nitrogen and oxygen atoms in total. The first-order chi connectivity index (χ1) is 23.1. The second kappa shape index (κ2) is 10.1. The Hall–Kier alpha value is -5.87. The molecule has 1 saturated carbocycles. The monoisotopic (exact) mass is 607 g/mol. The highest BCUT2D eigenvalue weighted by atomic mass is 16.2. The summed E-state index contributed by atoms with van der Waals surface area (Å²) in [7, 11) is 0. The van der Waals surface area contributed by atoms with Crippen molar-refractivity contribution >= 4 is 45.2 Å². The van der Waals surface area contributed by atoms with Crippen LogP contribution < -0.4 is 4.90 Å². The van der Waals surface area contributed by atoms with Crippen molar-refractivity contribution in [2.75, 3.05) is 4.90 Å². The van der Waals surface area contributed by atoms with E-state index in [0.29, 0.717) is 5.69 Å². The van der Waals surface area contributed by atoms with Crippen molar-refractivity contribution in [2.45, 2.75) is 10.8 Å². The predicted octanol–water partition coefficient (Wildman–Crippen LogP) is 8.03. The van der Waals surface area contributed by atoms with Crippen LogP contribution >= 0.6 is 0 Å². The molecule has 224 valence electrons. The fourth-order valence-corrected chi connectivity index (χ4v) is 8.97. The first kappa shape index (κ1) is 27.4. The van der Waals surface area contributed by atoms with E-state index in [4.69, 9.17) is 0 Å². The molecule has 47 heavy (non-hydrogen) atoms. The van der Waals surface area contributed by atoms with Crippen LogP contribution in [0.1, 0.15) is 22.3 Å². The van der Waals surface area contributed by atoms with Gasteiger partial charge in [0, 0.05) is 5.39 Å². The van der Waals surface area contributed by atoms with Crippen molar-refractivity contribution in [1.82, 2.24) is 0 Å². The van der Waals surface area contributed by atoms with Gasteiger partial charge in [0.05, 0.1) is 28.4 Å². The maximum Gasteiger partial charge on any atom is 0.239 e. The molecule has 1 heterocycles. The van der Waals surface area contributed by atoms with Gasteiger partial charge in [-0.25, -0.2) is 4.90 Å². The largest absolute Gasteiger partial charge is 0.297 e. The highest BCUT2D eigenvalue weighted by molar-refractivity contribution is 6.39. The normalized spacial score (nSPS) is 24.8. The fraction of sp³-hybridized carbons (Fsp3) is 0.0930. The number of rotatable bonds is 5. The molecule has 1 aliphatic heterocycles. The first-order valence-corrected chi connectivity index (χ1v) is 16.0. The van der Waals surface area contributed by atoms with Gasteiger partial charge in [-0.3, -0.25) is 14.4 Å². The van der Waals surface area contributed by atoms with Gasteiger partial charge in [-0.1, -0.05) is 158 Å². The maximum atomic E-state index is 16.0. The third-order valence-corrected chi connectivity index (χ3v) is 10.6. The number of hydrogen-bond donors (Lipinski definition) is 0. The Bertz CT molecular complexity index is 2140. The number of Topliss-reactive ketones (excluding diaryl/α,β-unsaturated/α-hetero) is 1. The molecule has 2 bridgehead atoms. The summed E-state index contributed by atoms with van der Waals surface area (Å²) < 4.78 is 0. The lowest BCUT2D eigenvalue weighted by atomic mass is 9.59. The second-order valence-corrected chi connectivity index (χ2v) is 12.6. The molecular formula is C43H29NO3. The molecule has 3 aliphatic rings. The number of hydrogen-bond acceptors (Lipinski definition) is 3. The average molecular weight is 608 g/mol. The van der Waals surface area contributed by atoms with Crippen LogP contribution in [0.15, 0.2) is 164 Å². The van der Waals surface area contributed by atoms with Crippen LogP contribution in [0.2, 0.25) is 0 Å². The Labute approximate surface area is 272 Å². The molecule has 2 fully saturated rings. The summed E-state index contributed by atoms with van der Waals surface area (Å²) in [6.45, 7) is 0. The van der Waals surface area contributed by atoms with Crippen LogP contribution in [0.4, 0.5) is 5.69 Å². The third-order valence-electron chi connectivity index (χ3n) is 10.6. The summed E-state index contributed by atoms with van der Waals surface area (Å²) in [6.07, 6.45) is 0. The van der Waals surface area contributed by atoms with Crippen LogP contribution in [0.5, 0.6) is 0 Å². The minimum Gasteiger partial charge on any atom is -0.297 e. The van der Waals surface area contributed by atoms with E-state index >= 15 is 14.4 Å². The van der Waals surface area contributed by atoms with Crippen molar-refractivity contribution in [3.8, 4) is 0 Å². The second-order valence-electron chi connectivity index (χ2n) is 12.6. The summed E-state index contributed by atoms with van der Waals surface area (Å²) in [6, 6.07) is 52.7. The zero-order valence-corrected chi connectivity index (χ0v) is 25.4. The van der Waals surface area contributed by atoms with E-state index < -0.39 is 22.7 Å². The topological polar surface area (TPSA) is 54.5 Å². The van der Waals surface area contributed by atoms with Gasteiger partial charge in [0.15, 0.2) is 5.78 Å². The van der Waals surface area contributed by atoms with E-state index in [2.05, 4.69) is 0 Å². The number of anilines is 1. The highest BCUT2D eigenvalue weighted by Crippen LogP contribution is 2.74.